The number of hydrogen-bond donors (Lipinski definition) is 2. The fourth-order valence-electron chi connectivity index (χ4n) is 2.58. The number of benzene rings is 1. The molecular weight excluding hydrogens is 268 g/mol. The van der Waals surface area contributed by atoms with Gasteiger partial charge in [-0.15, -0.1) is 0 Å². The Balaban J connectivity index is 1.85. The summed E-state index contributed by atoms with van der Waals surface area (Å²) in [5, 5.41) is 6.31. The highest BCUT2D eigenvalue weighted by atomic mass is 16.5. The van der Waals surface area contributed by atoms with Crippen LogP contribution < -0.4 is 10.6 Å². The van der Waals surface area contributed by atoms with Crippen molar-refractivity contribution in [2.24, 2.45) is 5.92 Å². The van der Waals surface area contributed by atoms with Gasteiger partial charge in [0.15, 0.2) is 0 Å². The number of ether oxygens (including phenoxy) is 1. The maximum absolute atomic E-state index is 12.1. The van der Waals surface area contributed by atoms with Crippen LogP contribution in [0.15, 0.2) is 24.3 Å². The summed E-state index contributed by atoms with van der Waals surface area (Å²) in [4.78, 5) is 23.5. The number of rotatable bonds is 4. The first-order chi connectivity index (χ1) is 10.1. The maximum Gasteiger partial charge on any atom is 0.337 e. The van der Waals surface area contributed by atoms with E-state index in [2.05, 4.69) is 22.3 Å². The van der Waals surface area contributed by atoms with Crippen LogP contribution in [0.3, 0.4) is 0 Å². The Kier molecular flexibility index (Phi) is 5.33. The van der Waals surface area contributed by atoms with E-state index in [9.17, 15) is 9.59 Å². The van der Waals surface area contributed by atoms with Crippen LogP contribution in [0.5, 0.6) is 0 Å². The SMILES string of the molecule is COC(=O)c1ccc(CNC(=O)C2CCNC(C)C2)cc1. The van der Waals surface area contributed by atoms with E-state index in [0.717, 1.165) is 24.9 Å². The van der Waals surface area contributed by atoms with E-state index in [0.29, 0.717) is 18.2 Å². The summed E-state index contributed by atoms with van der Waals surface area (Å²) in [5.41, 5.74) is 1.48. The molecule has 2 unspecified atom stereocenters. The Hall–Kier alpha value is -1.88. The minimum Gasteiger partial charge on any atom is -0.465 e. The molecule has 0 aliphatic carbocycles. The van der Waals surface area contributed by atoms with Crippen molar-refractivity contribution in [3.05, 3.63) is 35.4 Å². The quantitative estimate of drug-likeness (QED) is 0.824. The summed E-state index contributed by atoms with van der Waals surface area (Å²) in [6.07, 6.45) is 1.77. The molecule has 1 amide bonds. The molecule has 2 N–H and O–H groups in total. The van der Waals surface area contributed by atoms with Crippen molar-refractivity contribution < 1.29 is 14.3 Å². The molecule has 0 spiro atoms. The molecule has 1 aliphatic heterocycles. The lowest BCUT2D eigenvalue weighted by Gasteiger charge is -2.27. The molecule has 5 heteroatoms. The van der Waals surface area contributed by atoms with E-state index in [-0.39, 0.29) is 17.8 Å². The minimum absolute atomic E-state index is 0.0931. The molecule has 1 fully saturated rings. The molecule has 0 saturated carbocycles. The first-order valence-electron chi connectivity index (χ1n) is 7.28. The van der Waals surface area contributed by atoms with Crippen LogP contribution in [0.25, 0.3) is 0 Å². The second-order valence-electron chi connectivity index (χ2n) is 5.48. The summed E-state index contributed by atoms with van der Waals surface area (Å²) in [7, 11) is 1.36. The van der Waals surface area contributed by atoms with Gasteiger partial charge in [-0.1, -0.05) is 12.1 Å². The van der Waals surface area contributed by atoms with Gasteiger partial charge in [-0.2, -0.15) is 0 Å². The van der Waals surface area contributed by atoms with E-state index in [4.69, 9.17) is 0 Å². The highest BCUT2D eigenvalue weighted by Gasteiger charge is 2.24. The number of methoxy groups -OCH3 is 1. The fraction of sp³-hybridized carbons (Fsp3) is 0.500. The van der Waals surface area contributed by atoms with Gasteiger partial charge >= 0.3 is 5.97 Å². The van der Waals surface area contributed by atoms with Gasteiger partial charge in [-0.05, 0) is 44.0 Å². The third-order valence-electron chi connectivity index (χ3n) is 3.84. The van der Waals surface area contributed by atoms with Gasteiger partial charge in [0, 0.05) is 18.5 Å². The number of carbonyl (C=O) groups excluding carboxylic acids is 2. The second-order valence-corrected chi connectivity index (χ2v) is 5.48. The molecule has 1 saturated heterocycles. The molecule has 21 heavy (non-hydrogen) atoms. The highest BCUT2D eigenvalue weighted by molar-refractivity contribution is 5.89. The van der Waals surface area contributed by atoms with Gasteiger partial charge in [0.05, 0.1) is 12.7 Å². The predicted octanol–water partition coefficient (Wildman–Crippen LogP) is 1.48. The van der Waals surface area contributed by atoms with Crippen molar-refractivity contribution in [1.82, 2.24) is 10.6 Å². The van der Waals surface area contributed by atoms with Gasteiger partial charge in [0.1, 0.15) is 0 Å². The monoisotopic (exact) mass is 290 g/mol. The summed E-state index contributed by atoms with van der Waals surface area (Å²) in [6, 6.07) is 7.48. The van der Waals surface area contributed by atoms with Crippen molar-refractivity contribution in [3.8, 4) is 0 Å². The van der Waals surface area contributed by atoms with Gasteiger partial charge < -0.3 is 15.4 Å². The Morgan fingerprint density at radius 1 is 1.33 bits per heavy atom. The lowest BCUT2D eigenvalue weighted by molar-refractivity contribution is -0.126. The molecule has 2 atom stereocenters. The van der Waals surface area contributed by atoms with Crippen LogP contribution in [0.1, 0.15) is 35.7 Å². The van der Waals surface area contributed by atoms with Crippen molar-refractivity contribution in [2.75, 3.05) is 13.7 Å². The van der Waals surface area contributed by atoms with Crippen LogP contribution in [-0.4, -0.2) is 31.6 Å². The van der Waals surface area contributed by atoms with Crippen molar-refractivity contribution in [3.63, 3.8) is 0 Å². The molecule has 1 aromatic carbocycles. The standard InChI is InChI=1S/C16H22N2O3/c1-11-9-14(7-8-17-11)15(19)18-10-12-3-5-13(6-4-12)16(20)21-2/h3-6,11,14,17H,7-10H2,1-2H3,(H,18,19). The number of esters is 1. The molecule has 0 bridgehead atoms. The lowest BCUT2D eigenvalue weighted by atomic mass is 9.92. The minimum atomic E-state index is -0.353. The summed E-state index contributed by atoms with van der Waals surface area (Å²) in [5.74, 6) is -0.148. The van der Waals surface area contributed by atoms with Crippen LogP contribution in [0, 0.1) is 5.92 Å². The molecule has 5 nitrogen and oxygen atoms in total. The van der Waals surface area contributed by atoms with Gasteiger partial charge in [-0.25, -0.2) is 4.79 Å². The number of nitrogens with one attached hydrogen (secondary N) is 2. The average molecular weight is 290 g/mol. The molecule has 1 aromatic rings. The van der Waals surface area contributed by atoms with Crippen LogP contribution in [-0.2, 0) is 16.1 Å². The Labute approximate surface area is 125 Å². The first-order valence-corrected chi connectivity index (χ1v) is 7.28. The van der Waals surface area contributed by atoms with E-state index in [1.807, 2.05) is 12.1 Å². The fourth-order valence-corrected chi connectivity index (χ4v) is 2.58. The maximum atomic E-state index is 12.1. The van der Waals surface area contributed by atoms with E-state index in [1.54, 1.807) is 12.1 Å². The van der Waals surface area contributed by atoms with Gasteiger partial charge in [-0.3, -0.25) is 4.79 Å². The third-order valence-corrected chi connectivity index (χ3v) is 3.84. The number of piperidine rings is 1. The van der Waals surface area contributed by atoms with Crippen molar-refractivity contribution in [1.29, 1.82) is 0 Å². The number of hydrogen-bond acceptors (Lipinski definition) is 4. The number of carbonyl (C=O) groups is 2. The van der Waals surface area contributed by atoms with Crippen LogP contribution in [0.2, 0.25) is 0 Å². The van der Waals surface area contributed by atoms with Crippen molar-refractivity contribution in [2.45, 2.75) is 32.4 Å². The van der Waals surface area contributed by atoms with Crippen molar-refractivity contribution >= 4 is 11.9 Å². The van der Waals surface area contributed by atoms with Crippen LogP contribution >= 0.6 is 0 Å². The zero-order valence-corrected chi connectivity index (χ0v) is 12.5. The molecule has 114 valence electrons. The molecule has 2 rings (SSSR count). The summed E-state index contributed by atoms with van der Waals surface area (Å²) >= 11 is 0. The van der Waals surface area contributed by atoms with Gasteiger partial charge in [0.25, 0.3) is 0 Å². The summed E-state index contributed by atoms with van der Waals surface area (Å²) < 4.78 is 4.65. The molecule has 0 radical (unpaired) electrons. The zero-order valence-electron chi connectivity index (χ0n) is 12.5. The van der Waals surface area contributed by atoms with E-state index < -0.39 is 0 Å². The first kappa shape index (κ1) is 15.5. The van der Waals surface area contributed by atoms with E-state index >= 15 is 0 Å². The largest absolute Gasteiger partial charge is 0.465 e. The lowest BCUT2D eigenvalue weighted by Crippen LogP contribution is -2.42. The molecule has 1 aliphatic rings. The highest BCUT2D eigenvalue weighted by Crippen LogP contribution is 2.16. The van der Waals surface area contributed by atoms with Crippen LogP contribution in [0.4, 0.5) is 0 Å². The second kappa shape index (κ2) is 7.22. The van der Waals surface area contributed by atoms with E-state index in [1.165, 1.54) is 7.11 Å². The Morgan fingerprint density at radius 2 is 2.05 bits per heavy atom. The average Bonchev–Trinajstić information content (AvgIpc) is 2.52. The molecular formula is C16H22N2O3. The smallest absolute Gasteiger partial charge is 0.337 e. The molecule has 1 heterocycles. The predicted molar refractivity (Wildman–Crippen MR) is 79.8 cm³/mol. The molecule has 0 aromatic heterocycles. The zero-order chi connectivity index (χ0) is 15.2. The van der Waals surface area contributed by atoms with Gasteiger partial charge in [0.2, 0.25) is 5.91 Å². The Morgan fingerprint density at radius 3 is 2.67 bits per heavy atom. The normalized spacial score (nSPS) is 21.6. The Bertz CT molecular complexity index is 499. The number of amides is 1. The third kappa shape index (κ3) is 4.29. The summed E-state index contributed by atoms with van der Waals surface area (Å²) in [6.45, 7) is 3.48. The topological polar surface area (TPSA) is 67.4 Å².